The second kappa shape index (κ2) is 12.2. The normalized spacial score (nSPS) is 27.6. The van der Waals surface area contributed by atoms with E-state index in [0.29, 0.717) is 32.1 Å². The molecule has 3 N–H and O–H groups in total. The molecule has 5 atom stereocenters. The summed E-state index contributed by atoms with van der Waals surface area (Å²) in [6.07, 6.45) is 14.2. The number of thiophene rings is 1. The monoisotopic (exact) mass is 491 g/mol. The van der Waals surface area contributed by atoms with E-state index in [0.717, 1.165) is 30.0 Å². The molecule has 0 amide bonds. The quantitative estimate of drug-likeness (QED) is 0.193. The van der Waals surface area contributed by atoms with E-state index in [4.69, 9.17) is 23.3 Å². The van der Waals surface area contributed by atoms with Gasteiger partial charge in [0.1, 0.15) is 0 Å². The summed E-state index contributed by atoms with van der Waals surface area (Å²) in [5.74, 6) is -0.855. The minimum atomic E-state index is -0.786. The summed E-state index contributed by atoms with van der Waals surface area (Å²) >= 11 is 7.66. The number of hydrogen-bond donors (Lipinski definition) is 3. The zero-order valence-electron chi connectivity index (χ0n) is 18.9. The van der Waals surface area contributed by atoms with Gasteiger partial charge in [-0.3, -0.25) is 4.79 Å². The van der Waals surface area contributed by atoms with Crippen LogP contribution >= 0.6 is 22.9 Å². The molecule has 0 aromatic carbocycles. The molecule has 2 aliphatic carbocycles. The third-order valence-corrected chi connectivity index (χ3v) is 8.58. The van der Waals surface area contributed by atoms with Crippen LogP contribution in [0.5, 0.6) is 0 Å². The summed E-state index contributed by atoms with van der Waals surface area (Å²) < 4.78 is 0.778. The second-order valence-corrected chi connectivity index (χ2v) is 11.3. The average Bonchev–Trinajstić information content (AvgIpc) is 3.29. The van der Waals surface area contributed by atoms with E-state index < -0.39 is 18.2 Å². The molecule has 1 aromatic heterocycles. The van der Waals surface area contributed by atoms with Crippen molar-refractivity contribution in [3.05, 3.63) is 57.1 Å². The van der Waals surface area contributed by atoms with Gasteiger partial charge in [-0.2, -0.15) is 0 Å². The molecule has 2 fully saturated rings. The van der Waals surface area contributed by atoms with E-state index in [-0.39, 0.29) is 29.7 Å². The number of aliphatic hydroxyl groups is 2. The molecular weight excluding hydrogens is 458 g/mol. The van der Waals surface area contributed by atoms with E-state index >= 15 is 0 Å². The van der Waals surface area contributed by atoms with Crippen molar-refractivity contribution in [1.29, 1.82) is 0 Å². The summed E-state index contributed by atoms with van der Waals surface area (Å²) in [6, 6.07) is 3.75. The molecule has 0 spiro atoms. The Balaban J connectivity index is 1.56. The predicted octanol–water partition coefficient (Wildman–Crippen LogP) is 5.91. The van der Waals surface area contributed by atoms with Crippen LogP contribution in [0.15, 0.2) is 36.4 Å². The van der Waals surface area contributed by atoms with Crippen LogP contribution in [0, 0.1) is 23.8 Å². The molecule has 3 rings (SSSR count). The lowest BCUT2D eigenvalue weighted by atomic mass is 9.62. The Labute approximate surface area is 205 Å². The molecule has 0 saturated heterocycles. The predicted molar refractivity (Wildman–Crippen MR) is 132 cm³/mol. The first kappa shape index (κ1) is 26.0. The highest BCUT2D eigenvalue weighted by Gasteiger charge is 2.45. The number of hydrogen-bond acceptors (Lipinski definition) is 4. The lowest BCUT2D eigenvalue weighted by Crippen LogP contribution is -2.42. The lowest BCUT2D eigenvalue weighted by Gasteiger charge is -2.45. The van der Waals surface area contributed by atoms with E-state index in [1.807, 2.05) is 30.4 Å². The van der Waals surface area contributed by atoms with Crippen LogP contribution in [0.25, 0.3) is 4.85 Å². The van der Waals surface area contributed by atoms with Crippen molar-refractivity contribution in [2.45, 2.75) is 82.5 Å². The van der Waals surface area contributed by atoms with Gasteiger partial charge in [-0.15, -0.1) is 11.3 Å². The van der Waals surface area contributed by atoms with Crippen molar-refractivity contribution in [2.24, 2.45) is 17.3 Å². The third-order valence-electron chi connectivity index (χ3n) is 7.35. The number of halogens is 1. The number of aliphatic hydroxyl groups excluding tert-OH is 2. The number of carbonyl (C=O) groups is 1. The molecular formula is C26H34ClNO4S. The fraction of sp³-hybridized carbons (Fsp3) is 0.615. The summed E-state index contributed by atoms with van der Waals surface area (Å²) in [5.41, 5.74) is -0.0933. The number of rotatable bonds is 12. The summed E-state index contributed by atoms with van der Waals surface area (Å²) in [7, 11) is 0. The molecule has 7 heteroatoms. The maximum Gasteiger partial charge on any atom is 0.303 e. The van der Waals surface area contributed by atoms with Gasteiger partial charge in [-0.25, -0.2) is 6.57 Å². The highest BCUT2D eigenvalue weighted by atomic mass is 35.5. The fourth-order valence-electron chi connectivity index (χ4n) is 5.26. The Hall–Kier alpha value is -1.65. The highest BCUT2D eigenvalue weighted by Crippen LogP contribution is 2.48. The fourth-order valence-corrected chi connectivity index (χ4v) is 6.51. The first-order chi connectivity index (χ1) is 15.8. The van der Waals surface area contributed by atoms with Crippen LogP contribution in [0.2, 0.25) is 4.34 Å². The van der Waals surface area contributed by atoms with Gasteiger partial charge in [0.15, 0.2) is 0 Å². The average molecular weight is 492 g/mol. The number of allylic oxidation sites excluding steroid dienone is 2. The summed E-state index contributed by atoms with van der Waals surface area (Å²) in [5, 5.41) is 30.3. The third kappa shape index (κ3) is 6.93. The summed E-state index contributed by atoms with van der Waals surface area (Å²) in [4.78, 5) is 15.6. The minimum absolute atomic E-state index is 0.0348. The number of carboxylic acid groups (broad SMARTS) is 1. The Kier molecular flexibility index (Phi) is 9.57. The maximum atomic E-state index is 11.0. The molecule has 33 heavy (non-hydrogen) atoms. The molecule has 2 aliphatic rings. The number of unbranched alkanes of at least 4 members (excludes halogenated alkanes) is 1. The first-order valence-electron chi connectivity index (χ1n) is 11.8. The van der Waals surface area contributed by atoms with E-state index in [1.165, 1.54) is 4.88 Å². The van der Waals surface area contributed by atoms with Crippen LogP contribution in [0.4, 0.5) is 0 Å². The topological polar surface area (TPSA) is 82.1 Å². The van der Waals surface area contributed by atoms with Crippen molar-refractivity contribution in [3.8, 4) is 0 Å². The maximum absolute atomic E-state index is 11.0. The van der Waals surface area contributed by atoms with Gasteiger partial charge >= 0.3 is 5.97 Å². The van der Waals surface area contributed by atoms with Crippen LogP contribution in [-0.2, 0) is 11.2 Å². The molecule has 0 radical (unpaired) electrons. The first-order valence-corrected chi connectivity index (χ1v) is 13.0. The molecule has 1 unspecified atom stereocenters. The highest BCUT2D eigenvalue weighted by molar-refractivity contribution is 7.16. The molecule has 180 valence electrons. The number of aliphatic carboxylic acids is 1. The Morgan fingerprint density at radius 1 is 1.33 bits per heavy atom. The van der Waals surface area contributed by atoms with E-state index in [1.54, 1.807) is 11.3 Å². The van der Waals surface area contributed by atoms with Gasteiger partial charge in [0.2, 0.25) is 6.04 Å². The molecule has 1 heterocycles. The van der Waals surface area contributed by atoms with Crippen LogP contribution in [-0.4, -0.2) is 39.5 Å². The van der Waals surface area contributed by atoms with Crippen molar-refractivity contribution >= 4 is 28.9 Å². The van der Waals surface area contributed by atoms with Crippen molar-refractivity contribution in [2.75, 3.05) is 0 Å². The van der Waals surface area contributed by atoms with Crippen LogP contribution < -0.4 is 0 Å². The smallest absolute Gasteiger partial charge is 0.303 e. The van der Waals surface area contributed by atoms with Gasteiger partial charge < -0.3 is 20.2 Å². The molecule has 1 aromatic rings. The van der Waals surface area contributed by atoms with Crippen molar-refractivity contribution in [1.82, 2.24) is 0 Å². The SMILES string of the molecule is [C-]#[N+][C@@H]1C[C@@H](O)[C@H](C=CCC(O)C2(Cc3ccc(Cl)s3)CCC2)[C@H]1CC=CCCCC(=O)O. The standard InChI is InChI=1S/C26H34ClNO4S/c1-28-21-16-22(29)20(19(21)8-4-2-3-5-11-25(31)32)9-6-10-23(30)26(14-7-15-26)17-18-12-13-24(27)33-18/h2,4,6,9,12-13,19-23,29-30H,3,5,7-8,10-11,14-17H2,(H,31,32)/t19-,20-,21-,22-,23?/m1/s1. The zero-order chi connectivity index (χ0) is 23.8. The molecule has 0 bridgehead atoms. The molecule has 5 nitrogen and oxygen atoms in total. The summed E-state index contributed by atoms with van der Waals surface area (Å²) in [6.45, 7) is 7.52. The molecule has 2 saturated carbocycles. The minimum Gasteiger partial charge on any atom is -0.481 e. The number of nitrogens with zero attached hydrogens (tertiary/aromatic N) is 1. The van der Waals surface area contributed by atoms with Crippen LogP contribution in [0.1, 0.15) is 62.7 Å². The van der Waals surface area contributed by atoms with Crippen molar-refractivity contribution in [3.63, 3.8) is 0 Å². The Morgan fingerprint density at radius 3 is 2.73 bits per heavy atom. The Bertz CT molecular complexity index is 885. The lowest BCUT2D eigenvalue weighted by molar-refractivity contribution is -0.137. The van der Waals surface area contributed by atoms with E-state index in [9.17, 15) is 15.0 Å². The van der Waals surface area contributed by atoms with Gasteiger partial charge in [0.05, 0.1) is 16.5 Å². The molecule has 0 aliphatic heterocycles. The second-order valence-electron chi connectivity index (χ2n) is 9.51. The van der Waals surface area contributed by atoms with Gasteiger partial charge in [-0.1, -0.05) is 42.3 Å². The van der Waals surface area contributed by atoms with E-state index in [2.05, 4.69) is 10.9 Å². The van der Waals surface area contributed by atoms with Gasteiger partial charge in [0, 0.05) is 35.0 Å². The zero-order valence-corrected chi connectivity index (χ0v) is 20.5. The Morgan fingerprint density at radius 2 is 2.12 bits per heavy atom. The number of carboxylic acids is 1. The van der Waals surface area contributed by atoms with Gasteiger partial charge in [0.25, 0.3) is 0 Å². The largest absolute Gasteiger partial charge is 0.481 e. The van der Waals surface area contributed by atoms with Crippen LogP contribution in [0.3, 0.4) is 0 Å². The van der Waals surface area contributed by atoms with Gasteiger partial charge in [-0.05, 0) is 57.1 Å². The van der Waals surface area contributed by atoms with Crippen molar-refractivity contribution < 1.29 is 20.1 Å².